The van der Waals surface area contributed by atoms with Gasteiger partial charge in [0.25, 0.3) is 0 Å². The molecule has 1 atom stereocenters. The van der Waals surface area contributed by atoms with E-state index in [4.69, 9.17) is 0 Å². The zero-order valence-electron chi connectivity index (χ0n) is 13.4. The van der Waals surface area contributed by atoms with Crippen molar-refractivity contribution in [2.75, 3.05) is 13.1 Å². The predicted molar refractivity (Wildman–Crippen MR) is 82.9 cm³/mol. The highest BCUT2D eigenvalue weighted by Crippen LogP contribution is 2.34. The van der Waals surface area contributed by atoms with Crippen molar-refractivity contribution in [3.63, 3.8) is 0 Å². The van der Waals surface area contributed by atoms with Crippen LogP contribution in [0.5, 0.6) is 0 Å². The van der Waals surface area contributed by atoms with Crippen molar-refractivity contribution in [3.05, 3.63) is 34.9 Å². The van der Waals surface area contributed by atoms with Crippen LogP contribution in [0.4, 0.5) is 8.78 Å². The average Bonchev–Trinajstić information content (AvgIpc) is 3.33. The van der Waals surface area contributed by atoms with Gasteiger partial charge in [-0.1, -0.05) is 0 Å². The third-order valence-corrected chi connectivity index (χ3v) is 5.36. The van der Waals surface area contributed by atoms with Gasteiger partial charge >= 0.3 is 0 Å². The topological polar surface area (TPSA) is 40.6 Å². The van der Waals surface area contributed by atoms with E-state index in [-0.39, 0.29) is 29.8 Å². The fourth-order valence-corrected chi connectivity index (χ4v) is 3.84. The van der Waals surface area contributed by atoms with Gasteiger partial charge in [0.1, 0.15) is 17.7 Å². The number of fused-ring (bicyclic) bond motifs is 1. The lowest BCUT2D eigenvalue weighted by Crippen LogP contribution is -2.49. The monoisotopic (exact) mass is 334 g/mol. The lowest BCUT2D eigenvalue weighted by Gasteiger charge is -2.34. The number of benzene rings is 1. The van der Waals surface area contributed by atoms with Gasteiger partial charge in [-0.3, -0.25) is 9.59 Å². The first-order valence-electron chi connectivity index (χ1n) is 8.61. The highest BCUT2D eigenvalue weighted by Gasteiger charge is 2.42. The van der Waals surface area contributed by atoms with Gasteiger partial charge in [0.15, 0.2) is 0 Å². The molecule has 0 aromatic heterocycles. The minimum atomic E-state index is -0.471. The average molecular weight is 334 g/mol. The maximum atomic E-state index is 14.0. The molecule has 4 rings (SSSR count). The van der Waals surface area contributed by atoms with Crippen LogP contribution in [-0.4, -0.2) is 40.7 Å². The Kier molecular flexibility index (Phi) is 3.77. The van der Waals surface area contributed by atoms with Crippen LogP contribution in [0.15, 0.2) is 12.1 Å². The van der Waals surface area contributed by atoms with Crippen LogP contribution in [0.2, 0.25) is 0 Å². The second-order valence-corrected chi connectivity index (χ2v) is 6.96. The number of carbonyl (C=O) groups excluding carboxylic acids is 2. The first-order valence-corrected chi connectivity index (χ1v) is 8.61. The number of nitrogens with zero attached hydrogens (tertiary/aromatic N) is 2. The molecule has 128 valence electrons. The maximum absolute atomic E-state index is 14.0. The molecule has 1 saturated carbocycles. The Hall–Kier alpha value is -1.98. The number of carbonyl (C=O) groups is 2. The molecular formula is C18H20F2N2O2. The van der Waals surface area contributed by atoms with Gasteiger partial charge < -0.3 is 9.80 Å². The molecule has 2 aliphatic heterocycles. The molecule has 0 N–H and O–H groups in total. The molecule has 2 fully saturated rings. The Labute approximate surface area is 139 Å². The minimum absolute atomic E-state index is 0.0831. The SMILES string of the molecule is O=C(C1CCCN1C(=O)C1CC1)N1CCc2c(F)ccc(F)c2C1. The Morgan fingerprint density at radius 1 is 0.958 bits per heavy atom. The smallest absolute Gasteiger partial charge is 0.245 e. The first kappa shape index (κ1) is 15.5. The summed E-state index contributed by atoms with van der Waals surface area (Å²) < 4.78 is 27.8. The molecule has 6 heteroatoms. The molecule has 1 aliphatic carbocycles. The lowest BCUT2D eigenvalue weighted by atomic mass is 9.97. The number of halogens is 2. The summed E-state index contributed by atoms with van der Waals surface area (Å²) in [4.78, 5) is 28.5. The van der Waals surface area contributed by atoms with Crippen LogP contribution in [0.25, 0.3) is 0 Å². The van der Waals surface area contributed by atoms with E-state index in [1.54, 1.807) is 9.80 Å². The van der Waals surface area contributed by atoms with Gasteiger partial charge in [-0.05, 0) is 49.8 Å². The van der Waals surface area contributed by atoms with Crippen LogP contribution in [0, 0.1) is 17.6 Å². The van der Waals surface area contributed by atoms with Gasteiger partial charge in [-0.2, -0.15) is 0 Å². The van der Waals surface area contributed by atoms with Gasteiger partial charge in [0.05, 0.1) is 0 Å². The molecule has 0 radical (unpaired) electrons. The zero-order valence-corrected chi connectivity index (χ0v) is 13.4. The summed E-state index contributed by atoms with van der Waals surface area (Å²) in [5.41, 5.74) is 0.643. The Morgan fingerprint density at radius 3 is 2.38 bits per heavy atom. The third kappa shape index (κ3) is 2.58. The normalized spacial score (nSPS) is 23.3. The molecule has 1 unspecified atom stereocenters. The van der Waals surface area contributed by atoms with Crippen LogP contribution in [-0.2, 0) is 22.6 Å². The van der Waals surface area contributed by atoms with Gasteiger partial charge in [0.2, 0.25) is 11.8 Å². The van der Waals surface area contributed by atoms with E-state index in [0.29, 0.717) is 31.5 Å². The van der Waals surface area contributed by atoms with Crippen molar-refractivity contribution in [2.24, 2.45) is 5.92 Å². The van der Waals surface area contributed by atoms with Crippen molar-refractivity contribution >= 4 is 11.8 Å². The zero-order chi connectivity index (χ0) is 16.8. The van der Waals surface area contributed by atoms with Crippen molar-refractivity contribution in [3.8, 4) is 0 Å². The van der Waals surface area contributed by atoms with Crippen LogP contribution >= 0.6 is 0 Å². The molecule has 0 spiro atoms. The molecule has 1 aromatic carbocycles. The predicted octanol–water partition coefficient (Wildman–Crippen LogP) is 2.25. The quantitative estimate of drug-likeness (QED) is 0.832. The number of rotatable bonds is 2. The molecule has 24 heavy (non-hydrogen) atoms. The molecule has 3 aliphatic rings. The molecule has 0 bridgehead atoms. The maximum Gasteiger partial charge on any atom is 0.245 e. The summed E-state index contributed by atoms with van der Waals surface area (Å²) in [6.45, 7) is 1.08. The highest BCUT2D eigenvalue weighted by molar-refractivity contribution is 5.90. The van der Waals surface area contributed by atoms with Crippen LogP contribution in [0.3, 0.4) is 0 Å². The highest BCUT2D eigenvalue weighted by atomic mass is 19.1. The summed E-state index contributed by atoms with van der Waals surface area (Å²) in [7, 11) is 0. The molecule has 1 aromatic rings. The van der Waals surface area contributed by atoms with E-state index in [0.717, 1.165) is 31.4 Å². The van der Waals surface area contributed by atoms with Gasteiger partial charge in [0, 0.05) is 31.1 Å². The molecule has 2 amide bonds. The van der Waals surface area contributed by atoms with Crippen molar-refractivity contribution in [1.82, 2.24) is 9.80 Å². The summed E-state index contributed by atoms with van der Waals surface area (Å²) in [6.07, 6.45) is 3.62. The number of likely N-dealkylation sites (tertiary alicyclic amines) is 1. The summed E-state index contributed by atoms with van der Waals surface area (Å²) in [5, 5.41) is 0. The summed E-state index contributed by atoms with van der Waals surface area (Å²) in [6, 6.07) is 1.82. The standard InChI is InChI=1S/C18H20F2N2O2/c19-14-5-6-15(20)13-10-21(9-7-12(13)14)18(24)16-2-1-8-22(16)17(23)11-3-4-11/h5-6,11,16H,1-4,7-10H2. The van der Waals surface area contributed by atoms with E-state index in [1.807, 2.05) is 0 Å². The Morgan fingerprint density at radius 2 is 1.67 bits per heavy atom. The second-order valence-electron chi connectivity index (χ2n) is 6.96. The van der Waals surface area contributed by atoms with Gasteiger partial charge in [-0.25, -0.2) is 8.78 Å². The van der Waals surface area contributed by atoms with E-state index < -0.39 is 17.7 Å². The number of hydrogen-bond acceptors (Lipinski definition) is 2. The largest absolute Gasteiger partial charge is 0.336 e. The minimum Gasteiger partial charge on any atom is -0.336 e. The second kappa shape index (κ2) is 5.83. The van der Waals surface area contributed by atoms with E-state index in [9.17, 15) is 18.4 Å². The third-order valence-electron chi connectivity index (χ3n) is 5.36. The molecule has 1 saturated heterocycles. The molecular weight excluding hydrogens is 314 g/mol. The van der Waals surface area contributed by atoms with Crippen LogP contribution in [0.1, 0.15) is 36.8 Å². The fourth-order valence-electron chi connectivity index (χ4n) is 3.84. The first-order chi connectivity index (χ1) is 11.6. The van der Waals surface area contributed by atoms with Crippen molar-refractivity contribution < 1.29 is 18.4 Å². The summed E-state index contributed by atoms with van der Waals surface area (Å²) >= 11 is 0. The van der Waals surface area contributed by atoms with Crippen LogP contribution < -0.4 is 0 Å². The van der Waals surface area contributed by atoms with E-state index in [2.05, 4.69) is 0 Å². The fraction of sp³-hybridized carbons (Fsp3) is 0.556. The summed E-state index contributed by atoms with van der Waals surface area (Å²) in [5.74, 6) is -0.838. The van der Waals surface area contributed by atoms with E-state index >= 15 is 0 Å². The van der Waals surface area contributed by atoms with Crippen molar-refractivity contribution in [1.29, 1.82) is 0 Å². The number of amides is 2. The Balaban J connectivity index is 1.52. The molecule has 2 heterocycles. The molecule has 4 nitrogen and oxygen atoms in total. The van der Waals surface area contributed by atoms with Crippen molar-refractivity contribution in [2.45, 2.75) is 44.7 Å². The Bertz CT molecular complexity index is 703. The lowest BCUT2D eigenvalue weighted by molar-refractivity contribution is -0.145. The van der Waals surface area contributed by atoms with E-state index in [1.165, 1.54) is 0 Å². The van der Waals surface area contributed by atoms with Gasteiger partial charge in [-0.15, -0.1) is 0 Å². The number of hydrogen-bond donors (Lipinski definition) is 0.